The quantitative estimate of drug-likeness (QED) is 0.372. The molecule has 0 spiro atoms. The van der Waals surface area contributed by atoms with Gasteiger partial charge < -0.3 is 34.9 Å². The van der Waals surface area contributed by atoms with Gasteiger partial charge in [-0.15, -0.1) is 0 Å². The van der Waals surface area contributed by atoms with E-state index in [4.69, 9.17) is 19.9 Å². The third kappa shape index (κ3) is 6.46. The normalized spacial score (nSPS) is 23.6. The summed E-state index contributed by atoms with van der Waals surface area (Å²) in [4.78, 5) is 44.6. The lowest BCUT2D eigenvalue weighted by Gasteiger charge is -2.31. The lowest BCUT2D eigenvalue weighted by atomic mass is 9.84. The van der Waals surface area contributed by atoms with Crippen molar-refractivity contribution >= 4 is 17.8 Å². The van der Waals surface area contributed by atoms with Crippen molar-refractivity contribution in [2.75, 3.05) is 59.7 Å². The summed E-state index contributed by atoms with van der Waals surface area (Å²) >= 11 is 0. The van der Waals surface area contributed by atoms with E-state index in [9.17, 15) is 19.5 Å². The fraction of sp³-hybridized carbons (Fsp3) is 0.690. The molecule has 11 nitrogen and oxygen atoms in total. The summed E-state index contributed by atoms with van der Waals surface area (Å²) in [6.07, 6.45) is 2.76. The molecule has 0 saturated carbocycles. The minimum absolute atomic E-state index is 0.0599. The topological polar surface area (TPSA) is 135 Å². The zero-order valence-electron chi connectivity index (χ0n) is 24.2. The first kappa shape index (κ1) is 29.9. The molecule has 11 heteroatoms. The number of hydrogen-bond acceptors (Lipinski definition) is 8. The van der Waals surface area contributed by atoms with Crippen molar-refractivity contribution in [2.24, 2.45) is 17.1 Å². The van der Waals surface area contributed by atoms with Crippen LogP contribution in [0.15, 0.2) is 12.1 Å². The van der Waals surface area contributed by atoms with Crippen LogP contribution in [0.25, 0.3) is 0 Å². The van der Waals surface area contributed by atoms with Gasteiger partial charge in [0.2, 0.25) is 24.4 Å². The van der Waals surface area contributed by atoms with Crippen LogP contribution in [0.2, 0.25) is 0 Å². The number of amides is 2. The number of aliphatic carboxylic acids is 1. The molecular formula is C29H44N4O7. The maximum Gasteiger partial charge on any atom is 0.308 e. The van der Waals surface area contributed by atoms with E-state index < -0.39 is 23.8 Å². The summed E-state index contributed by atoms with van der Waals surface area (Å²) in [6.45, 7) is 9.27. The van der Waals surface area contributed by atoms with E-state index in [1.54, 1.807) is 4.90 Å². The minimum atomic E-state index is -0.931. The SMILES string of the molecule is CCCCN(CCN)C(=O)CN1C[C@H](c2cc(OC)c3c(c2)OCO3)C(C(=O)O)[C@@H]1CCN1CC(C)(C)CC1=O. The van der Waals surface area contributed by atoms with E-state index in [2.05, 4.69) is 20.8 Å². The summed E-state index contributed by atoms with van der Waals surface area (Å²) in [7, 11) is 1.54. The third-order valence-corrected chi connectivity index (χ3v) is 8.31. The number of unbranched alkanes of at least 4 members (excludes halogenated alkanes) is 1. The number of methoxy groups -OCH3 is 1. The Hall–Kier alpha value is -3.05. The van der Waals surface area contributed by atoms with Crippen LogP contribution in [0.5, 0.6) is 17.2 Å². The highest BCUT2D eigenvalue weighted by atomic mass is 16.7. The Morgan fingerprint density at radius 1 is 1.25 bits per heavy atom. The van der Waals surface area contributed by atoms with Crippen LogP contribution in [0.1, 0.15) is 57.9 Å². The predicted molar refractivity (Wildman–Crippen MR) is 148 cm³/mol. The number of hydrogen-bond donors (Lipinski definition) is 2. The number of carboxylic acids is 1. The first-order valence-electron chi connectivity index (χ1n) is 14.3. The number of likely N-dealkylation sites (tertiary alicyclic amines) is 2. The minimum Gasteiger partial charge on any atom is -0.493 e. The molecule has 3 aliphatic rings. The maximum atomic E-state index is 13.5. The smallest absolute Gasteiger partial charge is 0.308 e. The van der Waals surface area contributed by atoms with E-state index in [0.29, 0.717) is 69.4 Å². The van der Waals surface area contributed by atoms with Gasteiger partial charge in [0.05, 0.1) is 19.6 Å². The van der Waals surface area contributed by atoms with Crippen LogP contribution in [0.3, 0.4) is 0 Å². The van der Waals surface area contributed by atoms with Crippen LogP contribution in [0, 0.1) is 11.3 Å². The van der Waals surface area contributed by atoms with Gasteiger partial charge in [0.1, 0.15) is 0 Å². The third-order valence-electron chi connectivity index (χ3n) is 8.31. The van der Waals surface area contributed by atoms with Crippen molar-refractivity contribution in [1.82, 2.24) is 14.7 Å². The summed E-state index contributed by atoms with van der Waals surface area (Å²) in [6, 6.07) is 3.19. The molecule has 222 valence electrons. The number of ether oxygens (including phenoxy) is 3. The second kappa shape index (κ2) is 12.6. The number of rotatable bonds is 13. The van der Waals surface area contributed by atoms with Gasteiger partial charge in [-0.3, -0.25) is 19.3 Å². The molecule has 4 rings (SSSR count). The van der Waals surface area contributed by atoms with Crippen molar-refractivity contribution in [3.63, 3.8) is 0 Å². The van der Waals surface area contributed by atoms with Gasteiger partial charge in [-0.05, 0) is 36.0 Å². The van der Waals surface area contributed by atoms with Crippen LogP contribution >= 0.6 is 0 Å². The molecule has 3 heterocycles. The molecule has 1 aromatic carbocycles. The lowest BCUT2D eigenvalue weighted by Crippen LogP contribution is -2.46. The summed E-state index contributed by atoms with van der Waals surface area (Å²) < 4.78 is 16.7. The van der Waals surface area contributed by atoms with Crippen molar-refractivity contribution in [3.8, 4) is 17.2 Å². The first-order valence-corrected chi connectivity index (χ1v) is 14.3. The van der Waals surface area contributed by atoms with Crippen LogP contribution in [-0.4, -0.2) is 103 Å². The van der Waals surface area contributed by atoms with Gasteiger partial charge >= 0.3 is 5.97 Å². The number of carbonyl (C=O) groups excluding carboxylic acids is 2. The van der Waals surface area contributed by atoms with Crippen molar-refractivity contribution in [2.45, 2.75) is 58.4 Å². The second-order valence-corrected chi connectivity index (χ2v) is 11.9. The highest BCUT2D eigenvalue weighted by Gasteiger charge is 2.48. The van der Waals surface area contributed by atoms with Crippen LogP contribution in [0.4, 0.5) is 0 Å². The zero-order chi connectivity index (χ0) is 29.0. The number of carboxylic acid groups (broad SMARTS) is 1. The van der Waals surface area contributed by atoms with Crippen molar-refractivity contribution < 1.29 is 33.7 Å². The molecule has 0 bridgehead atoms. The summed E-state index contributed by atoms with van der Waals surface area (Å²) in [5, 5.41) is 10.5. The van der Waals surface area contributed by atoms with Gasteiger partial charge in [0.25, 0.3) is 0 Å². The molecule has 2 amide bonds. The molecule has 0 radical (unpaired) electrons. The van der Waals surface area contributed by atoms with E-state index in [-0.39, 0.29) is 30.6 Å². The first-order chi connectivity index (χ1) is 19.1. The zero-order valence-corrected chi connectivity index (χ0v) is 24.2. The molecule has 3 N–H and O–H groups in total. The Bertz CT molecular complexity index is 1090. The average molecular weight is 561 g/mol. The summed E-state index contributed by atoms with van der Waals surface area (Å²) in [5.74, 6) is -0.603. The lowest BCUT2D eigenvalue weighted by molar-refractivity contribution is -0.144. The molecule has 0 aromatic heterocycles. The Kier molecular flexibility index (Phi) is 9.45. The molecule has 0 aliphatic carbocycles. The number of benzene rings is 1. The molecular weight excluding hydrogens is 516 g/mol. The molecule has 2 fully saturated rings. The van der Waals surface area contributed by atoms with Crippen molar-refractivity contribution in [1.29, 1.82) is 0 Å². The fourth-order valence-electron chi connectivity index (χ4n) is 6.37. The second-order valence-electron chi connectivity index (χ2n) is 11.9. The largest absolute Gasteiger partial charge is 0.493 e. The van der Waals surface area contributed by atoms with Gasteiger partial charge in [-0.2, -0.15) is 0 Å². The molecule has 3 atom stereocenters. The Morgan fingerprint density at radius 3 is 2.65 bits per heavy atom. The highest BCUT2D eigenvalue weighted by Crippen LogP contribution is 2.47. The monoisotopic (exact) mass is 560 g/mol. The Balaban J connectivity index is 1.63. The van der Waals surface area contributed by atoms with Gasteiger partial charge in [0.15, 0.2) is 11.5 Å². The van der Waals surface area contributed by atoms with E-state index in [0.717, 1.165) is 18.4 Å². The molecule has 1 unspecified atom stereocenters. The average Bonchev–Trinajstić information content (AvgIpc) is 3.59. The van der Waals surface area contributed by atoms with E-state index in [1.165, 1.54) is 7.11 Å². The number of nitrogens with zero attached hydrogens (tertiary/aromatic N) is 3. The Morgan fingerprint density at radius 2 is 2.02 bits per heavy atom. The number of fused-ring (bicyclic) bond motifs is 1. The maximum absolute atomic E-state index is 13.5. The fourth-order valence-corrected chi connectivity index (χ4v) is 6.37. The van der Waals surface area contributed by atoms with Crippen molar-refractivity contribution in [3.05, 3.63) is 17.7 Å². The van der Waals surface area contributed by atoms with E-state index in [1.807, 2.05) is 21.9 Å². The van der Waals surface area contributed by atoms with E-state index >= 15 is 0 Å². The van der Waals surface area contributed by atoms with Crippen LogP contribution < -0.4 is 19.9 Å². The number of nitrogens with two attached hydrogens (primary N) is 1. The van der Waals surface area contributed by atoms with Gasteiger partial charge in [-0.1, -0.05) is 27.2 Å². The Labute approximate surface area is 236 Å². The molecule has 3 aliphatic heterocycles. The predicted octanol–water partition coefficient (Wildman–Crippen LogP) is 2.13. The number of carbonyl (C=O) groups is 3. The van der Waals surface area contributed by atoms with Gasteiger partial charge in [0, 0.05) is 57.6 Å². The summed E-state index contributed by atoms with van der Waals surface area (Å²) in [5.41, 5.74) is 6.45. The van der Waals surface area contributed by atoms with Crippen LogP contribution in [-0.2, 0) is 14.4 Å². The van der Waals surface area contributed by atoms with Gasteiger partial charge in [-0.25, -0.2) is 0 Å². The molecule has 40 heavy (non-hydrogen) atoms. The molecule has 2 saturated heterocycles. The highest BCUT2D eigenvalue weighted by molar-refractivity contribution is 5.80. The molecule has 1 aromatic rings. The standard InChI is InChI=1S/C29H44N4O7/c1-5-6-9-31(11-8-30)25(35)16-33-15-20(19-12-22(38-4)27-23(13-19)39-18-40-27)26(28(36)37)21(33)7-10-32-17-29(2,3)14-24(32)34/h12-13,20-21,26H,5-11,14-18,30H2,1-4H3,(H,36,37)/t20-,21+,26?/m1/s1.